The van der Waals surface area contributed by atoms with Crippen LogP contribution in [0.1, 0.15) is 44.2 Å². The average molecular weight is 316 g/mol. The Kier molecular flexibility index (Phi) is 6.20. The Bertz CT molecular complexity index is 548. The molecule has 0 N–H and O–H groups in total. The third-order valence-electron chi connectivity index (χ3n) is 4.63. The molecule has 0 aliphatic carbocycles. The van der Waals surface area contributed by atoms with Gasteiger partial charge in [0.2, 0.25) is 11.8 Å². The molecule has 0 unspecified atom stereocenters. The summed E-state index contributed by atoms with van der Waals surface area (Å²) in [6.45, 7) is 8.64. The minimum Gasteiger partial charge on any atom is -0.343 e. The summed E-state index contributed by atoms with van der Waals surface area (Å²) in [6, 6.07) is 8.16. The fourth-order valence-corrected chi connectivity index (χ4v) is 3.03. The van der Waals surface area contributed by atoms with Crippen molar-refractivity contribution in [1.29, 1.82) is 0 Å². The molecule has 1 aromatic carbocycles. The van der Waals surface area contributed by atoms with Gasteiger partial charge in [0.1, 0.15) is 0 Å². The van der Waals surface area contributed by atoms with Crippen LogP contribution in [-0.4, -0.2) is 41.2 Å². The summed E-state index contributed by atoms with van der Waals surface area (Å²) in [4.78, 5) is 27.9. The number of hydrogen-bond donors (Lipinski definition) is 0. The van der Waals surface area contributed by atoms with Crippen molar-refractivity contribution in [3.8, 4) is 0 Å². The van der Waals surface area contributed by atoms with E-state index >= 15 is 0 Å². The van der Waals surface area contributed by atoms with Crippen molar-refractivity contribution in [2.24, 2.45) is 5.92 Å². The van der Waals surface area contributed by atoms with Crippen LogP contribution in [0.2, 0.25) is 0 Å². The van der Waals surface area contributed by atoms with Gasteiger partial charge in [-0.2, -0.15) is 0 Å². The zero-order valence-corrected chi connectivity index (χ0v) is 14.5. The largest absolute Gasteiger partial charge is 0.343 e. The Morgan fingerprint density at radius 2 is 1.96 bits per heavy atom. The molecule has 1 aliphatic heterocycles. The van der Waals surface area contributed by atoms with Crippen molar-refractivity contribution < 1.29 is 9.59 Å². The van der Waals surface area contributed by atoms with Crippen LogP contribution in [-0.2, 0) is 16.1 Å². The number of rotatable bonds is 5. The number of carbonyl (C=O) groups is 2. The second kappa shape index (κ2) is 8.14. The summed E-state index contributed by atoms with van der Waals surface area (Å²) in [5.74, 6) is 0.910. The molecular weight excluding hydrogens is 288 g/mol. The maximum atomic E-state index is 12.3. The van der Waals surface area contributed by atoms with E-state index < -0.39 is 0 Å². The van der Waals surface area contributed by atoms with Crippen LogP contribution >= 0.6 is 0 Å². The molecule has 0 aromatic heterocycles. The fourth-order valence-electron chi connectivity index (χ4n) is 3.03. The molecule has 2 rings (SSSR count). The van der Waals surface area contributed by atoms with Gasteiger partial charge in [-0.05, 0) is 31.2 Å². The summed E-state index contributed by atoms with van der Waals surface area (Å²) < 4.78 is 0. The minimum atomic E-state index is 0.0200. The van der Waals surface area contributed by atoms with Gasteiger partial charge >= 0.3 is 0 Å². The number of carbonyl (C=O) groups excluding carboxylic acids is 2. The molecule has 126 valence electrons. The maximum absolute atomic E-state index is 12.3. The minimum absolute atomic E-state index is 0.0200. The third-order valence-corrected chi connectivity index (χ3v) is 4.63. The van der Waals surface area contributed by atoms with Crippen molar-refractivity contribution in [3.63, 3.8) is 0 Å². The molecule has 0 radical (unpaired) electrons. The molecular formula is C19H28N2O2. The van der Waals surface area contributed by atoms with Crippen LogP contribution < -0.4 is 0 Å². The number of benzene rings is 1. The molecule has 1 aliphatic rings. The van der Waals surface area contributed by atoms with E-state index in [1.54, 1.807) is 11.8 Å². The van der Waals surface area contributed by atoms with Crippen LogP contribution in [0, 0.1) is 12.8 Å². The van der Waals surface area contributed by atoms with Crippen LogP contribution in [0.3, 0.4) is 0 Å². The third kappa shape index (κ3) is 5.38. The van der Waals surface area contributed by atoms with Gasteiger partial charge in [0.05, 0.1) is 0 Å². The normalized spacial score (nSPS) is 15.5. The summed E-state index contributed by atoms with van der Waals surface area (Å²) in [5, 5.41) is 0. The quantitative estimate of drug-likeness (QED) is 0.838. The lowest BCUT2D eigenvalue weighted by molar-refractivity contribution is -0.134. The Morgan fingerprint density at radius 3 is 2.57 bits per heavy atom. The summed E-state index contributed by atoms with van der Waals surface area (Å²) in [5.41, 5.74) is 2.30. The highest BCUT2D eigenvalue weighted by Gasteiger charge is 2.21. The lowest BCUT2D eigenvalue weighted by Gasteiger charge is -2.31. The predicted molar refractivity (Wildman–Crippen MR) is 91.9 cm³/mol. The first kappa shape index (κ1) is 17.5. The Morgan fingerprint density at radius 1 is 1.26 bits per heavy atom. The van der Waals surface area contributed by atoms with Gasteiger partial charge in [-0.25, -0.2) is 0 Å². The van der Waals surface area contributed by atoms with Crippen LogP contribution in [0.4, 0.5) is 0 Å². The molecule has 1 aromatic rings. The first-order valence-corrected chi connectivity index (χ1v) is 8.54. The highest BCUT2D eigenvalue weighted by molar-refractivity contribution is 5.78. The number of hydrogen-bond acceptors (Lipinski definition) is 2. The Labute approximate surface area is 139 Å². The molecule has 0 saturated carbocycles. The van der Waals surface area contributed by atoms with Crippen LogP contribution in [0.25, 0.3) is 0 Å². The molecule has 2 amide bonds. The number of aryl methyl sites for hydroxylation is 1. The zero-order valence-electron chi connectivity index (χ0n) is 14.5. The lowest BCUT2D eigenvalue weighted by Crippen LogP contribution is -2.40. The average Bonchev–Trinajstić information content (AvgIpc) is 2.51. The molecule has 0 bridgehead atoms. The highest BCUT2D eigenvalue weighted by Crippen LogP contribution is 2.17. The fraction of sp³-hybridized carbons (Fsp3) is 0.579. The van der Waals surface area contributed by atoms with Crippen molar-refractivity contribution in [2.45, 2.75) is 46.6 Å². The Balaban J connectivity index is 1.87. The van der Waals surface area contributed by atoms with Gasteiger partial charge in [-0.3, -0.25) is 9.59 Å². The summed E-state index contributed by atoms with van der Waals surface area (Å²) >= 11 is 0. The molecule has 1 heterocycles. The van der Waals surface area contributed by atoms with E-state index in [1.165, 1.54) is 5.56 Å². The predicted octanol–water partition coefficient (Wildman–Crippen LogP) is 2.99. The smallest absolute Gasteiger partial charge is 0.224 e. The van der Waals surface area contributed by atoms with Crippen molar-refractivity contribution in [2.75, 3.05) is 19.6 Å². The number of amides is 2. The topological polar surface area (TPSA) is 40.6 Å². The van der Waals surface area contributed by atoms with Crippen LogP contribution in [0.15, 0.2) is 24.3 Å². The SMILES string of the molecule is CC(=O)N(CCC(=O)N1CCC(C)CC1)Cc1cccc(C)c1. The van der Waals surface area contributed by atoms with E-state index in [0.29, 0.717) is 25.4 Å². The van der Waals surface area contributed by atoms with Crippen molar-refractivity contribution in [3.05, 3.63) is 35.4 Å². The van der Waals surface area contributed by atoms with E-state index in [9.17, 15) is 9.59 Å². The van der Waals surface area contributed by atoms with Gasteiger partial charge in [0, 0.05) is 39.5 Å². The van der Waals surface area contributed by atoms with Crippen molar-refractivity contribution in [1.82, 2.24) is 9.80 Å². The van der Waals surface area contributed by atoms with E-state index in [2.05, 4.69) is 13.0 Å². The van der Waals surface area contributed by atoms with Gasteiger partial charge < -0.3 is 9.80 Å². The van der Waals surface area contributed by atoms with E-state index in [1.807, 2.05) is 30.0 Å². The first-order chi connectivity index (χ1) is 11.0. The highest BCUT2D eigenvalue weighted by atomic mass is 16.2. The monoisotopic (exact) mass is 316 g/mol. The van der Waals surface area contributed by atoms with Gasteiger partial charge in [-0.15, -0.1) is 0 Å². The second-order valence-corrected chi connectivity index (χ2v) is 6.74. The van der Waals surface area contributed by atoms with E-state index in [4.69, 9.17) is 0 Å². The molecule has 1 fully saturated rings. The van der Waals surface area contributed by atoms with E-state index in [0.717, 1.165) is 31.5 Å². The van der Waals surface area contributed by atoms with Gasteiger partial charge in [0.15, 0.2) is 0 Å². The maximum Gasteiger partial charge on any atom is 0.224 e. The van der Waals surface area contributed by atoms with Crippen molar-refractivity contribution >= 4 is 11.8 Å². The van der Waals surface area contributed by atoms with Gasteiger partial charge in [0.25, 0.3) is 0 Å². The first-order valence-electron chi connectivity index (χ1n) is 8.54. The molecule has 23 heavy (non-hydrogen) atoms. The molecule has 0 atom stereocenters. The molecule has 4 heteroatoms. The van der Waals surface area contributed by atoms with Gasteiger partial charge in [-0.1, -0.05) is 36.8 Å². The van der Waals surface area contributed by atoms with E-state index in [-0.39, 0.29) is 11.8 Å². The van der Waals surface area contributed by atoms with Crippen LogP contribution in [0.5, 0.6) is 0 Å². The number of nitrogens with zero attached hydrogens (tertiary/aromatic N) is 2. The molecule has 1 saturated heterocycles. The molecule has 4 nitrogen and oxygen atoms in total. The number of piperidine rings is 1. The molecule has 0 spiro atoms. The summed E-state index contributed by atoms with van der Waals surface area (Å²) in [7, 11) is 0. The second-order valence-electron chi connectivity index (χ2n) is 6.74. The number of likely N-dealkylation sites (tertiary alicyclic amines) is 1. The standard InChI is InChI=1S/C19H28N2O2/c1-15-7-10-20(11-8-15)19(23)9-12-21(17(3)22)14-18-6-4-5-16(2)13-18/h4-6,13,15H,7-12,14H2,1-3H3. The summed E-state index contributed by atoms with van der Waals surface area (Å²) in [6.07, 6.45) is 2.59. The zero-order chi connectivity index (χ0) is 16.8. The Hall–Kier alpha value is -1.84. The lowest BCUT2D eigenvalue weighted by atomic mass is 9.99.